The molecule has 5 aromatic heterocycles. The van der Waals surface area contributed by atoms with Gasteiger partial charge in [-0.15, -0.1) is 0 Å². The quantitative estimate of drug-likeness (QED) is 0.202. The standard InChI is InChI=1S/C38H23N5/c1-3-10-24(11-4-1)42-30-15-8-7-14-26(30)27-19-20-31-33(36(27)42)28-17-18-29-34(37(28)43(31)25-12-5-2-6-13-25)35-32(16-9-21-39-35)41-23-22-40-38(29)41/h1-23H. The van der Waals surface area contributed by atoms with Crippen molar-refractivity contribution in [2.45, 2.75) is 0 Å². The molecule has 0 spiro atoms. The third-order valence-corrected chi connectivity index (χ3v) is 8.92. The molecular weight excluding hydrogens is 526 g/mol. The molecule has 0 saturated carbocycles. The predicted octanol–water partition coefficient (Wildman–Crippen LogP) is 9.23. The molecule has 5 aromatic carbocycles. The average molecular weight is 550 g/mol. The first-order chi connectivity index (χ1) is 21.4. The lowest BCUT2D eigenvalue weighted by Gasteiger charge is -2.12. The third-order valence-electron chi connectivity index (χ3n) is 8.92. The van der Waals surface area contributed by atoms with Crippen LogP contribution in [0.1, 0.15) is 0 Å². The lowest BCUT2D eigenvalue weighted by atomic mass is 10.0. The van der Waals surface area contributed by atoms with E-state index < -0.39 is 0 Å². The van der Waals surface area contributed by atoms with E-state index in [1.165, 1.54) is 32.6 Å². The zero-order chi connectivity index (χ0) is 28.1. The van der Waals surface area contributed by atoms with Gasteiger partial charge in [0.15, 0.2) is 0 Å². The van der Waals surface area contributed by atoms with Crippen LogP contribution in [0, 0.1) is 0 Å². The van der Waals surface area contributed by atoms with Gasteiger partial charge in [0.05, 0.1) is 33.1 Å². The van der Waals surface area contributed by atoms with Crippen LogP contribution in [0.25, 0.3) is 82.4 Å². The van der Waals surface area contributed by atoms with Crippen molar-refractivity contribution in [3.63, 3.8) is 0 Å². The minimum atomic E-state index is 0.936. The highest BCUT2D eigenvalue weighted by molar-refractivity contribution is 6.32. The van der Waals surface area contributed by atoms with Gasteiger partial charge in [0.2, 0.25) is 0 Å². The zero-order valence-corrected chi connectivity index (χ0v) is 23.0. The number of imidazole rings is 1. The zero-order valence-electron chi connectivity index (χ0n) is 23.0. The summed E-state index contributed by atoms with van der Waals surface area (Å²) in [6.07, 6.45) is 5.79. The molecule has 200 valence electrons. The van der Waals surface area contributed by atoms with Crippen LogP contribution >= 0.6 is 0 Å². The Kier molecular flexibility index (Phi) is 4.39. The Balaban J connectivity index is 1.54. The maximum atomic E-state index is 4.99. The Hall–Kier alpha value is -5.94. The first-order valence-electron chi connectivity index (χ1n) is 14.5. The number of pyridine rings is 2. The van der Waals surface area contributed by atoms with Crippen molar-refractivity contribution in [1.29, 1.82) is 0 Å². The summed E-state index contributed by atoms with van der Waals surface area (Å²) >= 11 is 0. The summed E-state index contributed by atoms with van der Waals surface area (Å²) in [4.78, 5) is 9.80. The first-order valence-corrected chi connectivity index (χ1v) is 14.5. The van der Waals surface area contributed by atoms with Gasteiger partial charge in [-0.2, -0.15) is 0 Å². The summed E-state index contributed by atoms with van der Waals surface area (Å²) in [5.74, 6) is 0. The largest absolute Gasteiger partial charge is 0.309 e. The molecule has 0 radical (unpaired) electrons. The summed E-state index contributed by atoms with van der Waals surface area (Å²) < 4.78 is 7.00. The van der Waals surface area contributed by atoms with Gasteiger partial charge in [0, 0.05) is 62.3 Å². The number of para-hydroxylation sites is 3. The number of hydrogen-bond acceptors (Lipinski definition) is 2. The molecule has 0 aliphatic carbocycles. The monoisotopic (exact) mass is 549 g/mol. The molecule has 5 heteroatoms. The molecular formula is C38H23N5. The topological polar surface area (TPSA) is 40.1 Å². The smallest absolute Gasteiger partial charge is 0.145 e. The normalized spacial score (nSPS) is 12.2. The van der Waals surface area contributed by atoms with Gasteiger partial charge in [0.25, 0.3) is 0 Å². The molecule has 0 unspecified atom stereocenters. The summed E-state index contributed by atoms with van der Waals surface area (Å²) in [5.41, 5.74) is 9.92. The third kappa shape index (κ3) is 2.90. The van der Waals surface area contributed by atoms with E-state index in [0.29, 0.717) is 0 Å². The second-order valence-electron chi connectivity index (χ2n) is 11.1. The fourth-order valence-corrected chi connectivity index (χ4v) is 7.24. The van der Waals surface area contributed by atoms with E-state index in [1.54, 1.807) is 0 Å². The molecule has 43 heavy (non-hydrogen) atoms. The van der Waals surface area contributed by atoms with Gasteiger partial charge in [-0.25, -0.2) is 4.98 Å². The Morgan fingerprint density at radius 3 is 1.88 bits per heavy atom. The molecule has 0 aliphatic rings. The van der Waals surface area contributed by atoms with Crippen LogP contribution in [0.4, 0.5) is 0 Å². The molecule has 10 rings (SSSR count). The minimum absolute atomic E-state index is 0.936. The van der Waals surface area contributed by atoms with Crippen molar-refractivity contribution in [2.24, 2.45) is 0 Å². The van der Waals surface area contributed by atoms with Crippen LogP contribution in [0.15, 0.2) is 140 Å². The molecule has 0 saturated heterocycles. The highest BCUT2D eigenvalue weighted by Crippen LogP contribution is 2.45. The van der Waals surface area contributed by atoms with Crippen LogP contribution in [0.2, 0.25) is 0 Å². The van der Waals surface area contributed by atoms with Crippen molar-refractivity contribution in [2.75, 3.05) is 0 Å². The van der Waals surface area contributed by atoms with Crippen LogP contribution in [-0.2, 0) is 0 Å². The van der Waals surface area contributed by atoms with E-state index in [9.17, 15) is 0 Å². The van der Waals surface area contributed by atoms with Crippen LogP contribution in [0.3, 0.4) is 0 Å². The van der Waals surface area contributed by atoms with E-state index in [1.807, 2.05) is 24.7 Å². The molecule has 10 aromatic rings. The van der Waals surface area contributed by atoms with Gasteiger partial charge in [-0.3, -0.25) is 9.38 Å². The SMILES string of the molecule is c1ccc(-n2c3ccccc3c3ccc4c(c5ccc6c(c7ncccc7n7ccnc67)c5n4-c4ccccc4)c32)cc1. The lowest BCUT2D eigenvalue weighted by Crippen LogP contribution is -1.97. The summed E-state index contributed by atoms with van der Waals surface area (Å²) in [7, 11) is 0. The van der Waals surface area contributed by atoms with Crippen LogP contribution in [0.5, 0.6) is 0 Å². The van der Waals surface area contributed by atoms with Gasteiger partial charge >= 0.3 is 0 Å². The number of rotatable bonds is 2. The van der Waals surface area contributed by atoms with E-state index in [4.69, 9.17) is 9.97 Å². The van der Waals surface area contributed by atoms with Gasteiger partial charge in [-0.1, -0.05) is 66.7 Å². The molecule has 5 nitrogen and oxygen atoms in total. The molecule has 0 atom stereocenters. The van der Waals surface area contributed by atoms with Gasteiger partial charge in [-0.05, 0) is 54.6 Å². The molecule has 0 amide bonds. The number of aromatic nitrogens is 5. The van der Waals surface area contributed by atoms with Gasteiger partial charge < -0.3 is 9.13 Å². The maximum absolute atomic E-state index is 4.99. The van der Waals surface area contributed by atoms with Crippen molar-refractivity contribution in [3.8, 4) is 11.4 Å². The number of benzene rings is 5. The molecule has 0 bridgehead atoms. The summed E-state index contributed by atoms with van der Waals surface area (Å²) in [6.45, 7) is 0. The van der Waals surface area contributed by atoms with E-state index in [0.717, 1.165) is 49.9 Å². The van der Waals surface area contributed by atoms with Crippen molar-refractivity contribution >= 4 is 71.1 Å². The highest BCUT2D eigenvalue weighted by atomic mass is 15.0. The summed E-state index contributed by atoms with van der Waals surface area (Å²) in [5, 5.41) is 7.11. The molecule has 5 heterocycles. The number of fused-ring (bicyclic) bond motifs is 14. The molecule has 0 N–H and O–H groups in total. The fourth-order valence-electron chi connectivity index (χ4n) is 7.24. The van der Waals surface area contributed by atoms with E-state index >= 15 is 0 Å². The molecule has 0 fully saturated rings. The molecule has 0 aliphatic heterocycles. The minimum Gasteiger partial charge on any atom is -0.309 e. The number of hydrogen-bond donors (Lipinski definition) is 0. The van der Waals surface area contributed by atoms with Crippen molar-refractivity contribution in [1.82, 2.24) is 23.5 Å². The van der Waals surface area contributed by atoms with Gasteiger partial charge in [0.1, 0.15) is 5.65 Å². The lowest BCUT2D eigenvalue weighted by molar-refractivity contribution is 1.18. The highest BCUT2D eigenvalue weighted by Gasteiger charge is 2.24. The first kappa shape index (κ1) is 22.7. The van der Waals surface area contributed by atoms with Crippen molar-refractivity contribution in [3.05, 3.63) is 140 Å². The maximum Gasteiger partial charge on any atom is 0.145 e. The van der Waals surface area contributed by atoms with E-state index in [-0.39, 0.29) is 0 Å². The Morgan fingerprint density at radius 1 is 0.419 bits per heavy atom. The van der Waals surface area contributed by atoms with Crippen LogP contribution in [-0.4, -0.2) is 23.5 Å². The average Bonchev–Trinajstić information content (AvgIpc) is 3.78. The summed E-state index contributed by atoms with van der Waals surface area (Å²) in [6, 6.07) is 43.4. The second-order valence-corrected chi connectivity index (χ2v) is 11.1. The second kappa shape index (κ2) is 8.30. The predicted molar refractivity (Wildman–Crippen MR) is 177 cm³/mol. The van der Waals surface area contributed by atoms with E-state index in [2.05, 4.69) is 129 Å². The number of nitrogens with zero attached hydrogens (tertiary/aromatic N) is 5. The fraction of sp³-hybridized carbons (Fsp3) is 0. The van der Waals surface area contributed by atoms with Crippen molar-refractivity contribution < 1.29 is 0 Å². The Labute approximate surface area is 245 Å². The Morgan fingerprint density at radius 2 is 1.07 bits per heavy atom. The Bertz CT molecular complexity index is 2710. The van der Waals surface area contributed by atoms with Crippen LogP contribution < -0.4 is 0 Å².